The quantitative estimate of drug-likeness (QED) is 0.423. The van der Waals surface area contributed by atoms with Crippen molar-refractivity contribution in [2.24, 2.45) is 0 Å². The van der Waals surface area contributed by atoms with Crippen LogP contribution in [0.15, 0.2) is 17.2 Å². The normalized spacial score (nSPS) is 8.85. The van der Waals surface area contributed by atoms with Crippen LogP contribution in [-0.2, 0) is 4.79 Å². The van der Waals surface area contributed by atoms with Gasteiger partial charge >= 0.3 is 59.1 Å². The van der Waals surface area contributed by atoms with Crippen molar-refractivity contribution >= 4 is 29.6 Å². The molecular weight excluding hydrogens is 306 g/mol. The van der Waals surface area contributed by atoms with Gasteiger partial charge in [-0.25, -0.2) is 4.98 Å². The Morgan fingerprint density at radius 1 is 1.30 bits per heavy atom. The second-order valence-corrected chi connectivity index (χ2v) is 3.97. The number of carboxylic acids is 2. The minimum absolute atomic E-state index is 0. The Morgan fingerprint density at radius 3 is 2.35 bits per heavy atom. The van der Waals surface area contributed by atoms with Gasteiger partial charge in [0.15, 0.2) is 0 Å². The molecule has 0 unspecified atom stereocenters. The van der Waals surface area contributed by atoms with E-state index in [0.717, 1.165) is 18.0 Å². The largest absolute Gasteiger partial charge is 1.00 e. The maximum Gasteiger partial charge on any atom is 1.00 e. The van der Waals surface area contributed by atoms with E-state index in [0.29, 0.717) is 4.90 Å². The molecule has 0 saturated carbocycles. The summed E-state index contributed by atoms with van der Waals surface area (Å²) >= 11 is 1.11. The van der Waals surface area contributed by atoms with Crippen LogP contribution in [0, 0.1) is 0 Å². The summed E-state index contributed by atoms with van der Waals surface area (Å²) in [6, 6.07) is 1.24. The van der Waals surface area contributed by atoms with Crippen LogP contribution in [0.3, 0.4) is 0 Å². The number of thioether (sulfide) groups is 1. The van der Waals surface area contributed by atoms with Crippen LogP contribution < -0.4 is 74.6 Å². The molecule has 0 aromatic carbocycles. The molecule has 20 heavy (non-hydrogen) atoms. The van der Waals surface area contributed by atoms with E-state index < -0.39 is 24.4 Å². The zero-order valence-corrected chi connectivity index (χ0v) is 16.1. The number of aromatic carboxylic acids is 1. The fourth-order valence-corrected chi connectivity index (χ4v) is 1.70. The van der Waals surface area contributed by atoms with Crippen LogP contribution in [0.4, 0.5) is 0 Å². The van der Waals surface area contributed by atoms with Crippen LogP contribution in [0.2, 0.25) is 0 Å². The van der Waals surface area contributed by atoms with E-state index in [1.54, 1.807) is 6.26 Å². The molecule has 0 atom stereocenters. The van der Waals surface area contributed by atoms with E-state index in [-0.39, 0.29) is 70.4 Å². The van der Waals surface area contributed by atoms with E-state index in [9.17, 15) is 24.6 Å². The Bertz CT molecular complexity index is 512. The summed E-state index contributed by atoms with van der Waals surface area (Å²) in [5.74, 6) is -3.55. The monoisotopic (exact) mass is 314 g/mol. The molecule has 96 valence electrons. The molecule has 10 heteroatoms. The van der Waals surface area contributed by atoms with Crippen molar-refractivity contribution in [3.63, 3.8) is 0 Å². The third-order valence-corrected chi connectivity index (χ3v) is 2.67. The Hall–Kier alpha value is -0.0900. The molecule has 1 rings (SSSR count). The second-order valence-electron chi connectivity index (χ2n) is 3.12. The Balaban J connectivity index is 0. The summed E-state index contributed by atoms with van der Waals surface area (Å²) < 4.78 is 0. The summed E-state index contributed by atoms with van der Waals surface area (Å²) in [5, 5.41) is 22.9. The number of carbonyl (C=O) groups is 3. The minimum Gasteiger partial charge on any atom is -0.548 e. The molecule has 0 saturated heterocycles. The average molecular weight is 314 g/mol. The first kappa shape index (κ1) is 22.2. The number of nitrogens with zero attached hydrogens (tertiary/aromatic N) is 1. The molecule has 0 aliphatic carbocycles. The van der Waals surface area contributed by atoms with Gasteiger partial charge in [-0.2, -0.15) is 0 Å². The summed E-state index contributed by atoms with van der Waals surface area (Å²) in [6.07, 6.45) is 2.61. The Kier molecular flexibility index (Phi) is 11.8. The smallest absolute Gasteiger partial charge is 0.548 e. The molecule has 1 amide bonds. The molecule has 1 N–H and O–H groups in total. The van der Waals surface area contributed by atoms with Crippen LogP contribution in [0.25, 0.3) is 0 Å². The maximum atomic E-state index is 11.6. The average Bonchev–Trinajstić information content (AvgIpc) is 2.34. The summed E-state index contributed by atoms with van der Waals surface area (Å²) in [7, 11) is 0. The van der Waals surface area contributed by atoms with Crippen molar-refractivity contribution in [2.45, 2.75) is 4.90 Å². The topological polar surface area (TPSA) is 122 Å². The van der Waals surface area contributed by atoms with Crippen LogP contribution in [-0.4, -0.2) is 35.6 Å². The molecule has 1 aromatic heterocycles. The molecule has 1 heterocycles. The molecular formula is C10H8N2Na2O5S. The summed E-state index contributed by atoms with van der Waals surface area (Å²) in [6.45, 7) is -0.642. The fourth-order valence-electron chi connectivity index (χ4n) is 1.12. The number of aromatic nitrogens is 1. The SMILES string of the molecule is CSc1cc(C(=O)[O-])cnc1C(=O)NCC(=O)[O-].[Na+].[Na+]. The van der Waals surface area contributed by atoms with Crippen molar-refractivity contribution in [3.05, 3.63) is 23.5 Å². The molecule has 0 aliphatic rings. The molecule has 0 spiro atoms. The van der Waals surface area contributed by atoms with Gasteiger partial charge in [-0.1, -0.05) is 0 Å². The number of hydrogen-bond donors (Lipinski definition) is 1. The van der Waals surface area contributed by atoms with Gasteiger partial charge in [0, 0.05) is 16.7 Å². The van der Waals surface area contributed by atoms with Crippen LogP contribution in [0.5, 0.6) is 0 Å². The maximum absolute atomic E-state index is 11.6. The molecule has 0 radical (unpaired) electrons. The van der Waals surface area contributed by atoms with Crippen molar-refractivity contribution in [2.75, 3.05) is 12.8 Å². The number of amides is 1. The number of hydrogen-bond acceptors (Lipinski definition) is 7. The van der Waals surface area contributed by atoms with Gasteiger partial charge in [-0.3, -0.25) is 4.79 Å². The number of nitrogens with one attached hydrogen (secondary N) is 1. The van der Waals surface area contributed by atoms with Gasteiger partial charge < -0.3 is 25.1 Å². The molecule has 0 bridgehead atoms. The van der Waals surface area contributed by atoms with Gasteiger partial charge in [0.1, 0.15) is 5.69 Å². The first-order valence-electron chi connectivity index (χ1n) is 4.69. The zero-order valence-electron chi connectivity index (χ0n) is 11.3. The predicted octanol–water partition coefficient (Wildman–Crippen LogP) is -8.35. The van der Waals surface area contributed by atoms with Gasteiger partial charge in [0.25, 0.3) is 5.91 Å². The van der Waals surface area contributed by atoms with E-state index in [1.807, 2.05) is 0 Å². The third kappa shape index (κ3) is 6.57. The molecule has 1 aromatic rings. The van der Waals surface area contributed by atoms with E-state index in [4.69, 9.17) is 0 Å². The Labute approximate surface area is 163 Å². The number of pyridine rings is 1. The van der Waals surface area contributed by atoms with Gasteiger partial charge in [0.05, 0.1) is 18.5 Å². The van der Waals surface area contributed by atoms with Gasteiger partial charge in [-0.05, 0) is 12.3 Å². The van der Waals surface area contributed by atoms with Gasteiger partial charge in [0.2, 0.25) is 0 Å². The first-order chi connectivity index (χ1) is 8.45. The second kappa shape index (κ2) is 10.6. The predicted molar refractivity (Wildman–Crippen MR) is 57.7 cm³/mol. The first-order valence-corrected chi connectivity index (χ1v) is 5.91. The zero-order chi connectivity index (χ0) is 13.7. The minimum atomic E-state index is -1.43. The van der Waals surface area contributed by atoms with Crippen molar-refractivity contribution in [1.29, 1.82) is 0 Å². The van der Waals surface area contributed by atoms with Gasteiger partial charge in [-0.15, -0.1) is 11.8 Å². The van der Waals surface area contributed by atoms with Crippen molar-refractivity contribution < 1.29 is 83.7 Å². The molecule has 7 nitrogen and oxygen atoms in total. The molecule has 0 aliphatic heterocycles. The fraction of sp³-hybridized carbons (Fsp3) is 0.200. The van der Waals surface area contributed by atoms with Crippen molar-refractivity contribution in [1.82, 2.24) is 10.3 Å². The van der Waals surface area contributed by atoms with Crippen LogP contribution in [0.1, 0.15) is 20.8 Å². The molecule has 0 fully saturated rings. The number of carbonyl (C=O) groups excluding carboxylic acids is 3. The van der Waals surface area contributed by atoms with Crippen molar-refractivity contribution in [3.8, 4) is 0 Å². The van der Waals surface area contributed by atoms with E-state index in [2.05, 4.69) is 10.3 Å². The van der Waals surface area contributed by atoms with E-state index >= 15 is 0 Å². The van der Waals surface area contributed by atoms with E-state index in [1.165, 1.54) is 6.07 Å². The Morgan fingerprint density at radius 2 is 1.90 bits per heavy atom. The standard InChI is InChI=1S/C10H10N2O5S.2Na/c1-18-6-2-5(10(16)17)3-11-8(6)9(15)12-4-7(13)14;;/h2-3H,4H2,1H3,(H,12,15)(H,13,14)(H,16,17);;/q;2*+1/p-2. The van der Waals surface area contributed by atoms with Crippen LogP contribution >= 0.6 is 11.8 Å². The number of rotatable bonds is 5. The summed E-state index contributed by atoms with van der Waals surface area (Å²) in [4.78, 5) is 36.4. The number of aliphatic carboxylic acids is 1. The third-order valence-electron chi connectivity index (χ3n) is 1.92. The summed E-state index contributed by atoms with van der Waals surface area (Å²) in [5.41, 5.74) is -0.204. The number of carboxylic acid groups (broad SMARTS) is 2.